The number of nitro benzene ring substituents is 1. The molecule has 0 aliphatic carbocycles. The Morgan fingerprint density at radius 2 is 1.80 bits per heavy atom. The van der Waals surface area contributed by atoms with E-state index in [1.165, 1.54) is 23.8 Å². The average molecular weight is 410 g/mol. The lowest BCUT2D eigenvalue weighted by Gasteiger charge is -2.32. The molecule has 158 valence electrons. The summed E-state index contributed by atoms with van der Waals surface area (Å²) in [7, 11) is 0. The number of nitrogens with zero attached hydrogens (tertiary/aromatic N) is 2. The molecule has 1 saturated heterocycles. The number of rotatable bonds is 6. The topological polar surface area (TPSA) is 105 Å². The fourth-order valence-electron chi connectivity index (χ4n) is 3.59. The fraction of sp³-hybridized carbons (Fsp3) is 0.364. The Kier molecular flexibility index (Phi) is 7.13. The van der Waals surface area contributed by atoms with Gasteiger partial charge in [0.1, 0.15) is 0 Å². The normalized spacial score (nSPS) is 14.8. The summed E-state index contributed by atoms with van der Waals surface area (Å²) in [5, 5.41) is 16.0. The molecule has 0 radical (unpaired) electrons. The average Bonchev–Trinajstić information content (AvgIpc) is 2.75. The Hall–Kier alpha value is -3.26. The van der Waals surface area contributed by atoms with Gasteiger partial charge in [-0.2, -0.15) is 0 Å². The first kappa shape index (κ1) is 21.4. The number of carbonyl (C=O) groups excluding carboxylic acids is 2. The molecule has 1 fully saturated rings. The van der Waals surface area contributed by atoms with Crippen LogP contribution in [-0.4, -0.2) is 41.3 Å². The third-order valence-corrected chi connectivity index (χ3v) is 5.38. The molecule has 1 aliphatic rings. The molecule has 0 aromatic heterocycles. The van der Waals surface area contributed by atoms with E-state index in [1.54, 1.807) is 6.92 Å². The zero-order valence-corrected chi connectivity index (χ0v) is 17.0. The minimum atomic E-state index is -0.770. The fourth-order valence-corrected chi connectivity index (χ4v) is 3.59. The zero-order valence-electron chi connectivity index (χ0n) is 17.0. The molecule has 1 aliphatic heterocycles. The van der Waals surface area contributed by atoms with Crippen molar-refractivity contribution < 1.29 is 14.5 Å². The molecule has 0 saturated carbocycles. The van der Waals surface area contributed by atoms with E-state index in [0.717, 1.165) is 32.5 Å². The summed E-state index contributed by atoms with van der Waals surface area (Å²) in [6.07, 6.45) is 1.94. The highest BCUT2D eigenvalue weighted by Gasteiger charge is 2.22. The van der Waals surface area contributed by atoms with Crippen molar-refractivity contribution in [3.8, 4) is 0 Å². The molecule has 2 amide bonds. The second-order valence-electron chi connectivity index (χ2n) is 7.63. The molecule has 3 rings (SSSR count). The molecule has 2 N–H and O–H groups in total. The first-order valence-corrected chi connectivity index (χ1v) is 10.0. The highest BCUT2D eigenvalue weighted by Crippen LogP contribution is 2.21. The van der Waals surface area contributed by atoms with Crippen molar-refractivity contribution in [2.45, 2.75) is 26.3 Å². The lowest BCUT2D eigenvalue weighted by Crippen LogP contribution is -2.41. The highest BCUT2D eigenvalue weighted by molar-refractivity contribution is 6.39. The first-order valence-electron chi connectivity index (χ1n) is 10.0. The molecular formula is C22H26N4O4. The number of benzene rings is 2. The Morgan fingerprint density at radius 1 is 1.10 bits per heavy atom. The molecule has 8 nitrogen and oxygen atoms in total. The molecule has 30 heavy (non-hydrogen) atoms. The summed E-state index contributed by atoms with van der Waals surface area (Å²) in [6.45, 7) is 4.96. The van der Waals surface area contributed by atoms with E-state index in [1.807, 2.05) is 18.2 Å². The van der Waals surface area contributed by atoms with Gasteiger partial charge in [-0.05, 0) is 56.0 Å². The number of hydrogen-bond acceptors (Lipinski definition) is 5. The maximum absolute atomic E-state index is 12.1. The van der Waals surface area contributed by atoms with E-state index in [-0.39, 0.29) is 5.69 Å². The Labute approximate surface area is 175 Å². The summed E-state index contributed by atoms with van der Waals surface area (Å²) in [5.74, 6) is -1.12. The number of likely N-dealkylation sites (tertiary alicyclic amines) is 1. The maximum atomic E-state index is 12.1. The summed E-state index contributed by atoms with van der Waals surface area (Å²) in [5.41, 5.74) is 2.14. The number of non-ortho nitro benzene ring substituents is 1. The van der Waals surface area contributed by atoms with Gasteiger partial charge in [-0.25, -0.2) is 0 Å². The van der Waals surface area contributed by atoms with Crippen LogP contribution in [0.25, 0.3) is 0 Å². The minimum absolute atomic E-state index is 0.0615. The van der Waals surface area contributed by atoms with Crippen LogP contribution in [-0.2, 0) is 16.1 Å². The molecule has 0 unspecified atom stereocenters. The summed E-state index contributed by atoms with van der Waals surface area (Å²) < 4.78 is 0. The van der Waals surface area contributed by atoms with Crippen LogP contribution in [0, 0.1) is 23.0 Å². The van der Waals surface area contributed by atoms with Gasteiger partial charge >= 0.3 is 11.8 Å². The number of aryl methyl sites for hydroxylation is 1. The van der Waals surface area contributed by atoms with Crippen molar-refractivity contribution >= 4 is 23.2 Å². The van der Waals surface area contributed by atoms with Gasteiger partial charge in [0.25, 0.3) is 5.69 Å². The molecular weight excluding hydrogens is 384 g/mol. The third-order valence-electron chi connectivity index (χ3n) is 5.38. The number of nitrogens with one attached hydrogen (secondary N) is 2. The molecule has 8 heteroatoms. The second-order valence-corrected chi connectivity index (χ2v) is 7.63. The predicted octanol–water partition coefficient (Wildman–Crippen LogP) is 2.87. The number of anilines is 1. The van der Waals surface area contributed by atoms with Crippen LogP contribution in [0.3, 0.4) is 0 Å². The Morgan fingerprint density at radius 3 is 2.43 bits per heavy atom. The third kappa shape index (κ3) is 5.87. The van der Waals surface area contributed by atoms with E-state index >= 15 is 0 Å². The van der Waals surface area contributed by atoms with Gasteiger partial charge < -0.3 is 10.6 Å². The zero-order chi connectivity index (χ0) is 21.5. The predicted molar refractivity (Wildman–Crippen MR) is 114 cm³/mol. The van der Waals surface area contributed by atoms with Gasteiger partial charge in [0.15, 0.2) is 0 Å². The van der Waals surface area contributed by atoms with Crippen LogP contribution in [0.5, 0.6) is 0 Å². The quantitative estimate of drug-likeness (QED) is 0.433. The van der Waals surface area contributed by atoms with Crippen molar-refractivity contribution in [1.82, 2.24) is 10.2 Å². The van der Waals surface area contributed by atoms with E-state index in [9.17, 15) is 19.7 Å². The van der Waals surface area contributed by atoms with Gasteiger partial charge in [0, 0.05) is 30.9 Å². The lowest BCUT2D eigenvalue weighted by molar-refractivity contribution is -0.384. The van der Waals surface area contributed by atoms with Gasteiger partial charge in [0.05, 0.1) is 4.92 Å². The van der Waals surface area contributed by atoms with Crippen molar-refractivity contribution in [1.29, 1.82) is 0 Å². The Bertz CT molecular complexity index is 909. The largest absolute Gasteiger partial charge is 0.348 e. The SMILES string of the molecule is Cc1cc([N+](=O)[O-])ccc1NC(=O)C(=O)NCC1CCN(Cc2ccccc2)CC1. The van der Waals surface area contributed by atoms with Crippen molar-refractivity contribution in [2.75, 3.05) is 25.0 Å². The van der Waals surface area contributed by atoms with Crippen LogP contribution < -0.4 is 10.6 Å². The van der Waals surface area contributed by atoms with Gasteiger partial charge in [-0.1, -0.05) is 30.3 Å². The maximum Gasteiger partial charge on any atom is 0.313 e. The summed E-state index contributed by atoms with van der Waals surface area (Å²) in [4.78, 5) is 37.0. The van der Waals surface area contributed by atoms with Crippen LogP contribution in [0.2, 0.25) is 0 Å². The number of nitro groups is 1. The van der Waals surface area contributed by atoms with Crippen LogP contribution in [0.1, 0.15) is 24.0 Å². The lowest BCUT2D eigenvalue weighted by atomic mass is 9.96. The first-order chi connectivity index (χ1) is 14.4. The van der Waals surface area contributed by atoms with Crippen LogP contribution >= 0.6 is 0 Å². The summed E-state index contributed by atoms with van der Waals surface area (Å²) >= 11 is 0. The monoisotopic (exact) mass is 410 g/mol. The molecule has 2 aromatic carbocycles. The smallest absolute Gasteiger partial charge is 0.313 e. The van der Waals surface area contributed by atoms with E-state index in [4.69, 9.17) is 0 Å². The van der Waals surface area contributed by atoms with Crippen LogP contribution in [0.15, 0.2) is 48.5 Å². The number of hydrogen-bond donors (Lipinski definition) is 2. The van der Waals surface area contributed by atoms with Crippen molar-refractivity contribution in [3.63, 3.8) is 0 Å². The molecule has 1 heterocycles. The van der Waals surface area contributed by atoms with Crippen LogP contribution in [0.4, 0.5) is 11.4 Å². The van der Waals surface area contributed by atoms with Crippen molar-refractivity contribution in [2.24, 2.45) is 5.92 Å². The van der Waals surface area contributed by atoms with E-state index in [0.29, 0.717) is 23.7 Å². The second kappa shape index (κ2) is 9.98. The summed E-state index contributed by atoms with van der Waals surface area (Å²) in [6, 6.07) is 14.4. The Balaban J connectivity index is 1.41. The van der Waals surface area contributed by atoms with E-state index in [2.05, 4.69) is 27.7 Å². The van der Waals surface area contributed by atoms with Gasteiger partial charge in [0.2, 0.25) is 0 Å². The highest BCUT2D eigenvalue weighted by atomic mass is 16.6. The molecule has 0 atom stereocenters. The van der Waals surface area contributed by atoms with E-state index < -0.39 is 16.7 Å². The number of carbonyl (C=O) groups is 2. The molecule has 0 bridgehead atoms. The van der Waals surface area contributed by atoms with Gasteiger partial charge in [-0.3, -0.25) is 24.6 Å². The number of piperidine rings is 1. The molecule has 0 spiro atoms. The molecule has 2 aromatic rings. The van der Waals surface area contributed by atoms with Crippen molar-refractivity contribution in [3.05, 3.63) is 69.8 Å². The number of amides is 2. The minimum Gasteiger partial charge on any atom is -0.348 e. The standard InChI is InChI=1S/C22H26N4O4/c1-16-13-19(26(29)30)7-8-20(16)24-22(28)21(27)23-14-17-9-11-25(12-10-17)15-18-5-3-2-4-6-18/h2-8,13,17H,9-12,14-15H2,1H3,(H,23,27)(H,24,28). The van der Waals surface area contributed by atoms with Gasteiger partial charge in [-0.15, -0.1) is 0 Å².